The number of nitrogens with zero attached hydrogens (tertiary/aromatic N) is 2. The molecule has 0 aliphatic carbocycles. The molecule has 1 unspecified atom stereocenters. The standard InChI is InChI=1S/C18H25FN2O4/c1-23-17-15(4-2-5-16(17)19)18(22)21-7-3-6-20(8-9-21)12-14-13-24-10-11-25-14/h2,4-5,14H,3,6-13H2,1H3. The summed E-state index contributed by atoms with van der Waals surface area (Å²) < 4.78 is 30.1. The lowest BCUT2D eigenvalue weighted by Crippen LogP contribution is -2.42. The second-order valence-electron chi connectivity index (χ2n) is 6.33. The van der Waals surface area contributed by atoms with Crippen LogP contribution in [-0.4, -0.2) is 81.5 Å². The molecule has 2 heterocycles. The van der Waals surface area contributed by atoms with Gasteiger partial charge in [0, 0.05) is 26.2 Å². The van der Waals surface area contributed by atoms with E-state index in [-0.39, 0.29) is 23.3 Å². The Bertz CT molecular complexity index is 592. The van der Waals surface area contributed by atoms with Gasteiger partial charge in [0.2, 0.25) is 0 Å². The Morgan fingerprint density at radius 3 is 2.92 bits per heavy atom. The molecule has 6 nitrogen and oxygen atoms in total. The molecule has 2 saturated heterocycles. The molecule has 138 valence electrons. The van der Waals surface area contributed by atoms with Crippen LogP contribution < -0.4 is 4.74 Å². The summed E-state index contributed by atoms with van der Waals surface area (Å²) in [6.45, 7) is 5.66. The minimum Gasteiger partial charge on any atom is -0.493 e. The van der Waals surface area contributed by atoms with E-state index in [1.54, 1.807) is 11.0 Å². The number of carbonyl (C=O) groups excluding carboxylic acids is 1. The minimum absolute atomic E-state index is 0.0151. The molecule has 7 heteroatoms. The smallest absolute Gasteiger partial charge is 0.257 e. The van der Waals surface area contributed by atoms with Crippen LogP contribution in [0.25, 0.3) is 0 Å². The topological polar surface area (TPSA) is 51.2 Å². The third-order valence-electron chi connectivity index (χ3n) is 4.62. The first-order valence-corrected chi connectivity index (χ1v) is 8.72. The van der Waals surface area contributed by atoms with Crippen molar-refractivity contribution in [1.82, 2.24) is 9.80 Å². The third kappa shape index (κ3) is 4.48. The van der Waals surface area contributed by atoms with Gasteiger partial charge in [-0.05, 0) is 25.1 Å². The van der Waals surface area contributed by atoms with E-state index < -0.39 is 5.82 Å². The Morgan fingerprint density at radius 1 is 1.28 bits per heavy atom. The molecule has 0 saturated carbocycles. The van der Waals surface area contributed by atoms with E-state index in [2.05, 4.69) is 4.90 Å². The predicted octanol–water partition coefficient (Wildman–Crippen LogP) is 1.40. The molecule has 3 rings (SSSR count). The zero-order chi connectivity index (χ0) is 17.6. The molecule has 1 aromatic rings. The summed E-state index contributed by atoms with van der Waals surface area (Å²) >= 11 is 0. The van der Waals surface area contributed by atoms with E-state index in [4.69, 9.17) is 14.2 Å². The highest BCUT2D eigenvalue weighted by molar-refractivity contribution is 5.97. The number of hydrogen-bond donors (Lipinski definition) is 0. The van der Waals surface area contributed by atoms with Crippen molar-refractivity contribution in [2.45, 2.75) is 12.5 Å². The number of hydrogen-bond acceptors (Lipinski definition) is 5. The number of para-hydroxylation sites is 1. The van der Waals surface area contributed by atoms with Crippen molar-refractivity contribution < 1.29 is 23.4 Å². The summed E-state index contributed by atoms with van der Waals surface area (Å²) in [5.41, 5.74) is 0.278. The van der Waals surface area contributed by atoms with Crippen molar-refractivity contribution in [3.05, 3.63) is 29.6 Å². The highest BCUT2D eigenvalue weighted by atomic mass is 19.1. The minimum atomic E-state index is -0.515. The number of ether oxygens (including phenoxy) is 3. The molecule has 0 radical (unpaired) electrons. The van der Waals surface area contributed by atoms with Gasteiger partial charge in [0.05, 0.1) is 38.6 Å². The van der Waals surface area contributed by atoms with Crippen LogP contribution in [0.3, 0.4) is 0 Å². The summed E-state index contributed by atoms with van der Waals surface area (Å²) in [5, 5.41) is 0. The van der Waals surface area contributed by atoms with Gasteiger partial charge in [-0.1, -0.05) is 6.07 Å². The van der Waals surface area contributed by atoms with Crippen molar-refractivity contribution >= 4 is 5.91 Å². The van der Waals surface area contributed by atoms with Gasteiger partial charge in [-0.25, -0.2) is 4.39 Å². The summed E-state index contributed by atoms with van der Waals surface area (Å²) in [4.78, 5) is 16.9. The van der Waals surface area contributed by atoms with E-state index in [9.17, 15) is 9.18 Å². The quantitative estimate of drug-likeness (QED) is 0.820. The lowest BCUT2D eigenvalue weighted by molar-refractivity contribution is -0.0971. The van der Waals surface area contributed by atoms with Gasteiger partial charge in [-0.15, -0.1) is 0 Å². The van der Waals surface area contributed by atoms with Crippen molar-refractivity contribution in [2.75, 3.05) is 59.7 Å². The van der Waals surface area contributed by atoms with Gasteiger partial charge in [0.25, 0.3) is 5.91 Å². The summed E-state index contributed by atoms with van der Waals surface area (Å²) in [6.07, 6.45) is 0.969. The molecular formula is C18H25FN2O4. The number of benzene rings is 1. The Kier molecular flexibility index (Phi) is 6.23. The zero-order valence-electron chi connectivity index (χ0n) is 14.6. The van der Waals surface area contributed by atoms with Gasteiger partial charge in [-0.3, -0.25) is 9.69 Å². The largest absolute Gasteiger partial charge is 0.493 e. The molecule has 0 spiro atoms. The van der Waals surface area contributed by atoms with E-state index in [1.807, 2.05) is 0 Å². The number of methoxy groups -OCH3 is 1. The van der Waals surface area contributed by atoms with Crippen LogP contribution in [0, 0.1) is 5.82 Å². The van der Waals surface area contributed by atoms with Crippen LogP contribution in [0.4, 0.5) is 4.39 Å². The first-order valence-electron chi connectivity index (χ1n) is 8.72. The molecule has 2 aliphatic heterocycles. The van der Waals surface area contributed by atoms with Crippen molar-refractivity contribution in [3.8, 4) is 5.75 Å². The Labute approximate surface area is 147 Å². The molecule has 25 heavy (non-hydrogen) atoms. The van der Waals surface area contributed by atoms with Crippen molar-refractivity contribution in [2.24, 2.45) is 0 Å². The maximum Gasteiger partial charge on any atom is 0.257 e. The monoisotopic (exact) mass is 352 g/mol. The van der Waals surface area contributed by atoms with Gasteiger partial charge in [-0.2, -0.15) is 0 Å². The number of amides is 1. The van der Waals surface area contributed by atoms with Crippen molar-refractivity contribution in [1.29, 1.82) is 0 Å². The lowest BCUT2D eigenvalue weighted by atomic mass is 10.1. The van der Waals surface area contributed by atoms with Crippen LogP contribution in [0.15, 0.2) is 18.2 Å². The van der Waals surface area contributed by atoms with Gasteiger partial charge < -0.3 is 19.1 Å². The number of halogens is 1. The summed E-state index contributed by atoms with van der Waals surface area (Å²) in [5.74, 6) is -0.684. The maximum absolute atomic E-state index is 13.9. The van der Waals surface area contributed by atoms with Crippen LogP contribution in [0.2, 0.25) is 0 Å². The average molecular weight is 352 g/mol. The SMILES string of the molecule is COc1c(F)cccc1C(=O)N1CCCN(CC2COCCO2)CC1. The van der Waals surface area contributed by atoms with Crippen molar-refractivity contribution in [3.63, 3.8) is 0 Å². The van der Waals surface area contributed by atoms with Crippen LogP contribution >= 0.6 is 0 Å². The molecule has 1 amide bonds. The first-order chi connectivity index (χ1) is 12.2. The van der Waals surface area contributed by atoms with E-state index >= 15 is 0 Å². The Morgan fingerprint density at radius 2 is 2.16 bits per heavy atom. The molecule has 2 aliphatic rings. The molecule has 1 aromatic carbocycles. The Balaban J connectivity index is 1.61. The highest BCUT2D eigenvalue weighted by Crippen LogP contribution is 2.24. The number of carbonyl (C=O) groups is 1. The Hall–Kier alpha value is -1.70. The van der Waals surface area contributed by atoms with Crippen LogP contribution in [0.5, 0.6) is 5.75 Å². The fourth-order valence-corrected chi connectivity index (χ4v) is 3.34. The number of rotatable bonds is 4. The molecule has 0 N–H and O–H groups in total. The van der Waals surface area contributed by atoms with E-state index in [1.165, 1.54) is 19.2 Å². The molecular weight excluding hydrogens is 327 g/mol. The highest BCUT2D eigenvalue weighted by Gasteiger charge is 2.25. The van der Waals surface area contributed by atoms with Crippen LogP contribution in [0.1, 0.15) is 16.8 Å². The molecule has 0 aromatic heterocycles. The van der Waals surface area contributed by atoms with Gasteiger partial charge >= 0.3 is 0 Å². The van der Waals surface area contributed by atoms with E-state index in [0.717, 1.165) is 26.1 Å². The molecule has 2 fully saturated rings. The van der Waals surface area contributed by atoms with Gasteiger partial charge in [0.15, 0.2) is 11.6 Å². The first kappa shape index (κ1) is 18.1. The predicted molar refractivity (Wildman–Crippen MR) is 90.5 cm³/mol. The summed E-state index contributed by atoms with van der Waals surface area (Å²) in [7, 11) is 1.38. The van der Waals surface area contributed by atoms with E-state index in [0.29, 0.717) is 32.9 Å². The third-order valence-corrected chi connectivity index (χ3v) is 4.62. The maximum atomic E-state index is 13.9. The molecule has 0 bridgehead atoms. The molecule has 1 atom stereocenters. The second-order valence-corrected chi connectivity index (χ2v) is 6.33. The lowest BCUT2D eigenvalue weighted by Gasteiger charge is -2.29. The second kappa shape index (κ2) is 8.60. The average Bonchev–Trinajstić information content (AvgIpc) is 2.87. The zero-order valence-corrected chi connectivity index (χ0v) is 14.6. The fourth-order valence-electron chi connectivity index (χ4n) is 3.34. The van der Waals surface area contributed by atoms with Crippen LogP contribution in [-0.2, 0) is 9.47 Å². The van der Waals surface area contributed by atoms with Gasteiger partial charge in [0.1, 0.15) is 0 Å². The summed E-state index contributed by atoms with van der Waals surface area (Å²) in [6, 6.07) is 4.45. The normalized spacial score (nSPS) is 22.5. The fraction of sp³-hybridized carbons (Fsp3) is 0.611.